The smallest absolute Gasteiger partial charge is 0.174 e. The molecular formula is C34H24ClN7OS. The van der Waals surface area contributed by atoms with Crippen molar-refractivity contribution < 1.29 is 4.42 Å². The highest BCUT2D eigenvalue weighted by atomic mass is 35.5. The lowest BCUT2D eigenvalue weighted by Crippen LogP contribution is -1.80. The Bertz CT molecular complexity index is 2060. The Labute approximate surface area is 260 Å². The van der Waals surface area contributed by atoms with Gasteiger partial charge in [0.1, 0.15) is 11.5 Å². The summed E-state index contributed by atoms with van der Waals surface area (Å²) in [5.74, 6) is 3.19. The van der Waals surface area contributed by atoms with Crippen molar-refractivity contribution in [1.29, 1.82) is 0 Å². The number of rotatable bonds is 3. The number of nitrogens with one attached hydrogen (secondary N) is 3. The summed E-state index contributed by atoms with van der Waals surface area (Å²) in [6.07, 6.45) is 1.64. The van der Waals surface area contributed by atoms with Crippen LogP contribution >= 0.6 is 22.9 Å². The molecule has 0 bridgehead atoms. The first-order valence-corrected chi connectivity index (χ1v) is 15.0. The van der Waals surface area contributed by atoms with Gasteiger partial charge in [-0.15, -0.1) is 11.3 Å². The summed E-state index contributed by atoms with van der Waals surface area (Å²) < 4.78 is 5.26. The van der Waals surface area contributed by atoms with E-state index in [1.165, 1.54) is 0 Å². The first-order chi connectivity index (χ1) is 21.7. The molecule has 0 aliphatic carbocycles. The number of para-hydroxylation sites is 6. The number of hydrogen-bond acceptors (Lipinski definition) is 6. The van der Waals surface area contributed by atoms with Crippen molar-refractivity contribution in [2.75, 3.05) is 0 Å². The summed E-state index contributed by atoms with van der Waals surface area (Å²) in [6, 6.07) is 35.2. The summed E-state index contributed by atoms with van der Waals surface area (Å²) in [7, 11) is 0. The molecule has 0 fully saturated rings. The van der Waals surface area contributed by atoms with Gasteiger partial charge in [-0.3, -0.25) is 0 Å². The van der Waals surface area contributed by atoms with Crippen molar-refractivity contribution in [2.45, 2.75) is 0 Å². The van der Waals surface area contributed by atoms with E-state index in [1.54, 1.807) is 17.6 Å². The largest absolute Gasteiger partial charge is 0.461 e. The molecular weight excluding hydrogens is 590 g/mol. The number of aromatic amines is 3. The molecule has 10 heteroatoms. The van der Waals surface area contributed by atoms with Crippen LogP contribution in [-0.4, -0.2) is 34.9 Å². The Morgan fingerprint density at radius 3 is 1.68 bits per heavy atom. The molecule has 44 heavy (non-hydrogen) atoms. The van der Waals surface area contributed by atoms with Crippen LogP contribution in [0.1, 0.15) is 0 Å². The van der Waals surface area contributed by atoms with E-state index in [2.05, 4.69) is 34.9 Å². The van der Waals surface area contributed by atoms with Crippen LogP contribution in [0.3, 0.4) is 0 Å². The van der Waals surface area contributed by atoms with Crippen LogP contribution in [0.15, 0.2) is 131 Å². The van der Waals surface area contributed by atoms with Crippen molar-refractivity contribution in [3.8, 4) is 34.5 Å². The van der Waals surface area contributed by atoms with Gasteiger partial charge in [0.15, 0.2) is 17.4 Å². The summed E-state index contributed by atoms with van der Waals surface area (Å²) in [6.45, 7) is 0. The first-order valence-electron chi connectivity index (χ1n) is 13.7. The Morgan fingerprint density at radius 1 is 0.568 bits per heavy atom. The highest BCUT2D eigenvalue weighted by molar-refractivity contribution is 7.07. The molecule has 5 aromatic heterocycles. The molecule has 3 N–H and O–H groups in total. The van der Waals surface area contributed by atoms with Gasteiger partial charge < -0.3 is 19.4 Å². The zero-order valence-electron chi connectivity index (χ0n) is 23.1. The fraction of sp³-hybridized carbons (Fsp3) is 0. The predicted octanol–water partition coefficient (Wildman–Crippen LogP) is 9.39. The highest BCUT2D eigenvalue weighted by Crippen LogP contribution is 2.27. The molecule has 0 saturated carbocycles. The molecule has 0 amide bonds. The maximum atomic E-state index is 6.13. The molecule has 9 aromatic rings. The van der Waals surface area contributed by atoms with Crippen molar-refractivity contribution >= 4 is 56.0 Å². The number of thiazole rings is 1. The number of fused-ring (bicyclic) bond motifs is 3. The number of nitrogens with zero attached hydrogens (tertiary/aromatic N) is 4. The SMILES string of the molecule is Clc1ccccc1-c1nc2ccccc2[nH]1.c1ccc2[nH]c(-c3cscn3)nc2c1.c1coc(-c2nc3ccccc3[nH]2)c1. The number of halogens is 1. The second-order valence-corrected chi connectivity index (χ2v) is 10.8. The van der Waals surface area contributed by atoms with Crippen LogP contribution in [0.5, 0.6) is 0 Å². The molecule has 214 valence electrons. The lowest BCUT2D eigenvalue weighted by Gasteiger charge is -1.98. The van der Waals surface area contributed by atoms with E-state index >= 15 is 0 Å². The summed E-state index contributed by atoms with van der Waals surface area (Å²) in [5, 5.41) is 2.69. The van der Waals surface area contributed by atoms with E-state index in [0.29, 0.717) is 5.02 Å². The number of aromatic nitrogens is 7. The standard InChI is InChI=1S/C13H9ClN2.C11H8N2O.C10H7N3S/c14-10-6-2-1-5-9(10)13-15-11-7-3-4-8-12(11)16-13;1-2-5-9-8(4-1)12-11(13-9)10-6-3-7-14-10;1-2-4-8-7(3-1)12-10(13-8)9-5-14-6-11-9/h1-8H,(H,15,16);1-7H,(H,12,13);1-6H,(H,12,13). The molecule has 0 radical (unpaired) electrons. The summed E-state index contributed by atoms with van der Waals surface area (Å²) in [5.41, 5.74) is 9.65. The van der Waals surface area contributed by atoms with Gasteiger partial charge >= 0.3 is 0 Å². The Balaban J connectivity index is 0.000000107. The third kappa shape index (κ3) is 5.87. The van der Waals surface area contributed by atoms with Crippen molar-refractivity contribution in [3.05, 3.63) is 131 Å². The maximum absolute atomic E-state index is 6.13. The van der Waals surface area contributed by atoms with Crippen LogP contribution in [0.2, 0.25) is 5.02 Å². The Hall–Kier alpha value is -5.51. The molecule has 0 spiro atoms. The van der Waals surface area contributed by atoms with Crippen LogP contribution in [-0.2, 0) is 0 Å². The van der Waals surface area contributed by atoms with E-state index < -0.39 is 0 Å². The van der Waals surface area contributed by atoms with Crippen LogP contribution in [0, 0.1) is 0 Å². The van der Waals surface area contributed by atoms with E-state index in [9.17, 15) is 0 Å². The maximum Gasteiger partial charge on any atom is 0.174 e. The Kier molecular flexibility index (Phi) is 7.69. The molecule has 5 heterocycles. The summed E-state index contributed by atoms with van der Waals surface area (Å²) in [4.78, 5) is 27.2. The van der Waals surface area contributed by atoms with Crippen molar-refractivity contribution in [2.24, 2.45) is 0 Å². The van der Waals surface area contributed by atoms with Gasteiger partial charge in [-0.1, -0.05) is 60.1 Å². The average Bonchev–Trinajstić information content (AvgIpc) is 3.90. The first kappa shape index (κ1) is 27.3. The number of furan rings is 1. The molecule has 0 aliphatic heterocycles. The second kappa shape index (κ2) is 12.4. The minimum absolute atomic E-state index is 0.710. The van der Waals surface area contributed by atoms with Crippen LogP contribution < -0.4 is 0 Å². The average molecular weight is 614 g/mol. The van der Waals surface area contributed by atoms with E-state index in [1.807, 2.05) is 120 Å². The highest BCUT2D eigenvalue weighted by Gasteiger charge is 2.08. The molecule has 4 aromatic carbocycles. The number of H-pyrrole nitrogens is 3. The number of hydrogen-bond donors (Lipinski definition) is 3. The molecule has 0 saturated heterocycles. The summed E-state index contributed by atoms with van der Waals surface area (Å²) >= 11 is 7.70. The fourth-order valence-electron chi connectivity index (χ4n) is 4.62. The number of imidazole rings is 3. The second-order valence-electron chi connectivity index (χ2n) is 9.64. The number of benzene rings is 4. The van der Waals surface area contributed by atoms with E-state index in [-0.39, 0.29) is 0 Å². The zero-order valence-corrected chi connectivity index (χ0v) is 24.7. The topological polar surface area (TPSA) is 112 Å². The third-order valence-corrected chi connectivity index (χ3v) is 7.64. The van der Waals surface area contributed by atoms with E-state index in [0.717, 1.165) is 67.6 Å². The van der Waals surface area contributed by atoms with E-state index in [4.69, 9.17) is 16.0 Å². The van der Waals surface area contributed by atoms with Gasteiger partial charge in [-0.2, -0.15) is 0 Å². The zero-order chi connectivity index (χ0) is 29.7. The lowest BCUT2D eigenvalue weighted by atomic mass is 10.2. The van der Waals surface area contributed by atoms with Crippen molar-refractivity contribution in [3.63, 3.8) is 0 Å². The molecule has 0 aliphatic rings. The monoisotopic (exact) mass is 613 g/mol. The molecule has 0 unspecified atom stereocenters. The van der Waals surface area contributed by atoms with Crippen molar-refractivity contribution in [1.82, 2.24) is 34.9 Å². The van der Waals surface area contributed by atoms with Gasteiger partial charge in [0.05, 0.1) is 49.9 Å². The molecule has 9 rings (SSSR count). The van der Waals surface area contributed by atoms with Gasteiger partial charge in [-0.05, 0) is 60.7 Å². The minimum atomic E-state index is 0.710. The van der Waals surface area contributed by atoms with Gasteiger partial charge in [0.25, 0.3) is 0 Å². The quantitative estimate of drug-likeness (QED) is 0.184. The molecule has 8 nitrogen and oxygen atoms in total. The van der Waals surface area contributed by atoms with Gasteiger partial charge in [-0.25, -0.2) is 19.9 Å². The third-order valence-electron chi connectivity index (χ3n) is 6.73. The normalized spacial score (nSPS) is 10.8. The predicted molar refractivity (Wildman–Crippen MR) is 178 cm³/mol. The minimum Gasteiger partial charge on any atom is -0.461 e. The van der Waals surface area contributed by atoms with Gasteiger partial charge in [0.2, 0.25) is 0 Å². The lowest BCUT2D eigenvalue weighted by molar-refractivity contribution is 0.578. The fourth-order valence-corrected chi connectivity index (χ4v) is 5.38. The van der Waals surface area contributed by atoms with Gasteiger partial charge in [0, 0.05) is 10.9 Å². The molecule has 0 atom stereocenters. The van der Waals surface area contributed by atoms with Crippen LogP contribution in [0.4, 0.5) is 0 Å². The Morgan fingerprint density at radius 2 is 1.11 bits per heavy atom. The van der Waals surface area contributed by atoms with Crippen LogP contribution in [0.25, 0.3) is 67.6 Å².